The number of amides is 1. The molecule has 2 aromatic rings. The number of hydrogen-bond acceptors (Lipinski definition) is 5. The van der Waals surface area contributed by atoms with Gasteiger partial charge in [-0.25, -0.2) is 4.98 Å². The van der Waals surface area contributed by atoms with Crippen molar-refractivity contribution >= 4 is 17.2 Å². The molecule has 0 radical (unpaired) electrons. The number of carbonyl (C=O) groups is 1. The van der Waals surface area contributed by atoms with Gasteiger partial charge in [0.05, 0.1) is 26.6 Å². The minimum absolute atomic E-state index is 0.0779. The van der Waals surface area contributed by atoms with Crippen LogP contribution in [-0.4, -0.2) is 21.1 Å². The number of nitrogens with one attached hydrogen (secondary N) is 1. The number of aryl methyl sites for hydroxylation is 1. The van der Waals surface area contributed by atoms with Crippen LogP contribution in [0.5, 0.6) is 0 Å². The molecule has 2 heterocycles. The van der Waals surface area contributed by atoms with Crippen molar-refractivity contribution in [2.75, 3.05) is 0 Å². The Morgan fingerprint density at radius 3 is 3.25 bits per heavy atom. The first-order valence-electron chi connectivity index (χ1n) is 5.49. The number of carbonyl (C=O) groups excluding carboxylic acids is 1. The molecule has 16 heavy (non-hydrogen) atoms. The Hall–Kier alpha value is -1.82. The molecule has 0 bridgehead atoms. The van der Waals surface area contributed by atoms with Gasteiger partial charge in [-0.2, -0.15) is 5.10 Å². The van der Waals surface area contributed by atoms with Crippen molar-refractivity contribution in [1.29, 1.82) is 0 Å². The molecule has 1 N–H and O–H groups in total. The molecule has 0 unspecified atom stereocenters. The average Bonchev–Trinajstić information content (AvgIpc) is 2.82. The third-order valence-corrected chi connectivity index (χ3v) is 2.35. The lowest BCUT2D eigenvalue weighted by Crippen LogP contribution is -2.24. The van der Waals surface area contributed by atoms with Crippen LogP contribution in [0, 0.1) is 6.92 Å². The van der Waals surface area contributed by atoms with Crippen molar-refractivity contribution < 1.29 is 7.54 Å². The molecular weight excluding hydrogens is 224 g/mol. The van der Waals surface area contributed by atoms with Crippen LogP contribution in [0.15, 0.2) is 23.2 Å². The summed E-state index contributed by atoms with van der Waals surface area (Å²) < 4.78 is 15.5. The first-order valence-corrected chi connectivity index (χ1v) is 5.44. The SMILES string of the molecule is [2H]C([2H])(NC(=O)c1cc(C)cnn1)c1cscn1. The zero-order valence-electron chi connectivity index (χ0n) is 10.5. The molecule has 0 fully saturated rings. The second-order valence-corrected chi connectivity index (χ2v) is 3.79. The van der Waals surface area contributed by atoms with Crippen LogP contribution in [-0.2, 0) is 6.50 Å². The van der Waals surface area contributed by atoms with Crippen LogP contribution in [0.3, 0.4) is 0 Å². The van der Waals surface area contributed by atoms with E-state index in [-0.39, 0.29) is 11.4 Å². The number of nitrogens with zero attached hydrogens (tertiary/aromatic N) is 3. The van der Waals surface area contributed by atoms with Crippen molar-refractivity contribution in [1.82, 2.24) is 20.5 Å². The van der Waals surface area contributed by atoms with Crippen LogP contribution in [0.25, 0.3) is 0 Å². The second-order valence-electron chi connectivity index (χ2n) is 3.07. The highest BCUT2D eigenvalue weighted by Gasteiger charge is 2.07. The lowest BCUT2D eigenvalue weighted by Gasteiger charge is -2.02. The van der Waals surface area contributed by atoms with Gasteiger partial charge in [0.1, 0.15) is 0 Å². The average molecular weight is 236 g/mol. The van der Waals surface area contributed by atoms with E-state index in [1.54, 1.807) is 18.4 Å². The van der Waals surface area contributed by atoms with Gasteiger partial charge in [-0.05, 0) is 18.6 Å². The third-order valence-electron chi connectivity index (χ3n) is 1.76. The van der Waals surface area contributed by atoms with Gasteiger partial charge in [-0.3, -0.25) is 4.79 Å². The molecule has 0 aliphatic rings. The van der Waals surface area contributed by atoms with Crippen molar-refractivity contribution in [2.45, 2.75) is 13.4 Å². The normalized spacial score (nSPS) is 12.8. The Bertz CT molecular complexity index is 559. The Labute approximate surface area is 99.4 Å². The standard InChI is InChI=1S/C10H10N4OS/c1-7-2-9(14-13-3-7)10(15)11-4-8-5-16-6-12-8/h2-3,5-6H,4H2,1H3,(H,11,15)/i4D2. The molecular formula is C10H10N4OS. The molecule has 2 aromatic heterocycles. The fourth-order valence-electron chi connectivity index (χ4n) is 1.03. The van der Waals surface area contributed by atoms with E-state index in [4.69, 9.17) is 2.74 Å². The Kier molecular flexibility index (Phi) is 2.50. The van der Waals surface area contributed by atoms with Crippen LogP contribution in [0.1, 0.15) is 24.5 Å². The van der Waals surface area contributed by atoms with Gasteiger partial charge in [0.15, 0.2) is 5.69 Å². The Morgan fingerprint density at radius 2 is 2.56 bits per heavy atom. The molecule has 82 valence electrons. The maximum absolute atomic E-state index is 11.8. The summed E-state index contributed by atoms with van der Waals surface area (Å²) in [6, 6.07) is 1.54. The molecule has 0 aliphatic heterocycles. The zero-order valence-corrected chi connectivity index (χ0v) is 9.28. The summed E-state index contributed by atoms with van der Waals surface area (Å²) >= 11 is 1.26. The summed E-state index contributed by atoms with van der Waals surface area (Å²) in [5.41, 5.74) is 2.53. The van der Waals surface area contributed by atoms with E-state index in [1.807, 2.05) is 0 Å². The van der Waals surface area contributed by atoms with E-state index < -0.39 is 12.4 Å². The Balaban J connectivity index is 2.17. The van der Waals surface area contributed by atoms with Crippen LogP contribution in [0.4, 0.5) is 0 Å². The minimum atomic E-state index is -2.03. The maximum Gasteiger partial charge on any atom is 0.272 e. The number of thiazole rings is 1. The summed E-state index contributed by atoms with van der Waals surface area (Å²) in [6.45, 7) is -0.247. The topological polar surface area (TPSA) is 67.8 Å². The maximum atomic E-state index is 11.8. The monoisotopic (exact) mass is 236 g/mol. The molecule has 0 atom stereocenters. The van der Waals surface area contributed by atoms with Gasteiger partial charge in [0.25, 0.3) is 5.91 Å². The molecule has 0 aliphatic carbocycles. The molecule has 6 heteroatoms. The van der Waals surface area contributed by atoms with E-state index in [9.17, 15) is 4.79 Å². The van der Waals surface area contributed by atoms with Crippen molar-refractivity contribution in [3.63, 3.8) is 0 Å². The quantitative estimate of drug-likeness (QED) is 0.868. The number of rotatable bonds is 3. The summed E-state index contributed by atoms with van der Waals surface area (Å²) in [7, 11) is 0. The fourth-order valence-corrected chi connectivity index (χ4v) is 1.52. The summed E-state index contributed by atoms with van der Waals surface area (Å²) in [4.78, 5) is 15.7. The first-order chi connectivity index (χ1) is 8.49. The second kappa shape index (κ2) is 4.80. The molecule has 0 aromatic carbocycles. The largest absolute Gasteiger partial charge is 0.345 e. The van der Waals surface area contributed by atoms with Crippen molar-refractivity contribution in [3.05, 3.63) is 40.1 Å². The van der Waals surface area contributed by atoms with E-state index in [2.05, 4.69) is 20.5 Å². The predicted octanol–water partition coefficient (Wildman–Crippen LogP) is 1.17. The van der Waals surface area contributed by atoms with Gasteiger partial charge in [0, 0.05) is 5.38 Å². The van der Waals surface area contributed by atoms with Crippen LogP contribution >= 0.6 is 11.3 Å². The first kappa shape index (κ1) is 8.35. The van der Waals surface area contributed by atoms with Gasteiger partial charge < -0.3 is 5.32 Å². The van der Waals surface area contributed by atoms with E-state index >= 15 is 0 Å². The predicted molar refractivity (Wildman–Crippen MR) is 60.1 cm³/mol. The van der Waals surface area contributed by atoms with Crippen molar-refractivity contribution in [2.24, 2.45) is 0 Å². The third kappa shape index (κ3) is 2.60. The fraction of sp³-hybridized carbons (Fsp3) is 0.200. The van der Waals surface area contributed by atoms with Crippen LogP contribution in [0.2, 0.25) is 0 Å². The number of aromatic nitrogens is 3. The van der Waals surface area contributed by atoms with Crippen molar-refractivity contribution in [3.8, 4) is 0 Å². The summed E-state index contributed by atoms with van der Waals surface area (Å²) in [5.74, 6) is -0.621. The van der Waals surface area contributed by atoms with E-state index in [1.165, 1.54) is 23.0 Å². The Morgan fingerprint density at radius 1 is 1.69 bits per heavy atom. The smallest absolute Gasteiger partial charge is 0.272 e. The zero-order chi connectivity index (χ0) is 13.2. The van der Waals surface area contributed by atoms with E-state index in [0.717, 1.165) is 5.56 Å². The molecule has 5 nitrogen and oxygen atoms in total. The van der Waals surface area contributed by atoms with Gasteiger partial charge in [0.2, 0.25) is 0 Å². The van der Waals surface area contributed by atoms with E-state index in [0.29, 0.717) is 0 Å². The molecule has 1 amide bonds. The minimum Gasteiger partial charge on any atom is -0.345 e. The lowest BCUT2D eigenvalue weighted by molar-refractivity contribution is 0.0944. The number of hydrogen-bond donors (Lipinski definition) is 1. The van der Waals surface area contributed by atoms with Gasteiger partial charge >= 0.3 is 0 Å². The highest BCUT2D eigenvalue weighted by Crippen LogP contribution is 2.01. The summed E-state index contributed by atoms with van der Waals surface area (Å²) in [6.07, 6.45) is 1.52. The highest BCUT2D eigenvalue weighted by molar-refractivity contribution is 7.07. The summed E-state index contributed by atoms with van der Waals surface area (Å²) in [5, 5.41) is 11.1. The van der Waals surface area contributed by atoms with Crippen LogP contribution < -0.4 is 5.32 Å². The molecule has 0 spiro atoms. The highest BCUT2D eigenvalue weighted by atomic mass is 32.1. The molecule has 0 saturated carbocycles. The lowest BCUT2D eigenvalue weighted by atomic mass is 10.3. The molecule has 2 rings (SSSR count). The molecule has 0 saturated heterocycles. The van der Waals surface area contributed by atoms with Gasteiger partial charge in [-0.1, -0.05) is 0 Å². The van der Waals surface area contributed by atoms with Gasteiger partial charge in [-0.15, -0.1) is 16.4 Å².